The number of nitrogens with zero attached hydrogens (tertiary/aromatic N) is 1. The Hall–Kier alpha value is -0.0800. The molecule has 1 saturated carbocycles. The highest BCUT2D eigenvalue weighted by molar-refractivity contribution is 4.82. The number of nitrogens with one attached hydrogen (secondary N) is 1. The van der Waals surface area contributed by atoms with Crippen LogP contribution < -0.4 is 5.32 Å². The quantitative estimate of drug-likeness (QED) is 0.699. The molecule has 102 valence electrons. The van der Waals surface area contributed by atoms with Crippen molar-refractivity contribution in [1.29, 1.82) is 0 Å². The van der Waals surface area contributed by atoms with E-state index in [-0.39, 0.29) is 0 Å². The molecule has 1 aliphatic carbocycles. The Morgan fingerprint density at radius 2 is 1.71 bits per heavy atom. The summed E-state index contributed by atoms with van der Waals surface area (Å²) >= 11 is 0. The molecule has 2 nitrogen and oxygen atoms in total. The molecule has 0 bridgehead atoms. The molecule has 0 unspecified atom stereocenters. The SMILES string of the molecule is CCCCN(CC)C1CCC(NCCC)CC1. The predicted molar refractivity (Wildman–Crippen MR) is 76.5 cm³/mol. The van der Waals surface area contributed by atoms with Gasteiger partial charge in [0.15, 0.2) is 0 Å². The Morgan fingerprint density at radius 3 is 2.24 bits per heavy atom. The molecule has 0 radical (unpaired) electrons. The maximum Gasteiger partial charge on any atom is 0.00962 e. The van der Waals surface area contributed by atoms with Crippen molar-refractivity contribution in [3.05, 3.63) is 0 Å². The highest BCUT2D eigenvalue weighted by Gasteiger charge is 2.24. The van der Waals surface area contributed by atoms with E-state index in [1.807, 2.05) is 0 Å². The Morgan fingerprint density at radius 1 is 1.00 bits per heavy atom. The van der Waals surface area contributed by atoms with Crippen LogP contribution in [-0.4, -0.2) is 36.6 Å². The molecule has 0 amide bonds. The minimum absolute atomic E-state index is 0.802. The van der Waals surface area contributed by atoms with E-state index in [2.05, 4.69) is 31.0 Å². The lowest BCUT2D eigenvalue weighted by Crippen LogP contribution is -2.42. The lowest BCUT2D eigenvalue weighted by molar-refractivity contribution is 0.148. The zero-order valence-electron chi connectivity index (χ0n) is 12.2. The summed E-state index contributed by atoms with van der Waals surface area (Å²) in [5.41, 5.74) is 0. The summed E-state index contributed by atoms with van der Waals surface area (Å²) in [5, 5.41) is 3.67. The second kappa shape index (κ2) is 8.93. The Bertz CT molecular complexity index is 174. The maximum absolute atomic E-state index is 3.67. The smallest absolute Gasteiger partial charge is 0.00962 e. The van der Waals surface area contributed by atoms with Gasteiger partial charge in [0.1, 0.15) is 0 Å². The van der Waals surface area contributed by atoms with Crippen molar-refractivity contribution in [1.82, 2.24) is 10.2 Å². The van der Waals surface area contributed by atoms with E-state index in [1.165, 1.54) is 64.6 Å². The molecule has 0 spiro atoms. The first kappa shape index (κ1) is 15.0. The molecule has 2 heteroatoms. The number of rotatable bonds is 8. The Balaban J connectivity index is 2.24. The van der Waals surface area contributed by atoms with Crippen molar-refractivity contribution in [2.24, 2.45) is 0 Å². The standard InChI is InChI=1S/C15H32N2/c1-4-7-13-17(6-3)15-10-8-14(9-11-15)16-12-5-2/h14-16H,4-13H2,1-3H3. The van der Waals surface area contributed by atoms with Crippen LogP contribution in [0.2, 0.25) is 0 Å². The van der Waals surface area contributed by atoms with Crippen molar-refractivity contribution >= 4 is 0 Å². The van der Waals surface area contributed by atoms with Gasteiger partial charge < -0.3 is 10.2 Å². The first-order valence-corrected chi connectivity index (χ1v) is 7.79. The average Bonchev–Trinajstić information content (AvgIpc) is 2.38. The first-order valence-electron chi connectivity index (χ1n) is 7.79. The lowest BCUT2D eigenvalue weighted by atomic mass is 9.90. The largest absolute Gasteiger partial charge is 0.314 e. The van der Waals surface area contributed by atoms with Crippen LogP contribution in [0, 0.1) is 0 Å². The van der Waals surface area contributed by atoms with Gasteiger partial charge in [-0.2, -0.15) is 0 Å². The van der Waals surface area contributed by atoms with Crippen molar-refractivity contribution in [2.45, 2.75) is 77.8 Å². The van der Waals surface area contributed by atoms with E-state index in [1.54, 1.807) is 0 Å². The highest BCUT2D eigenvalue weighted by atomic mass is 15.1. The van der Waals surface area contributed by atoms with Gasteiger partial charge in [-0.05, 0) is 58.2 Å². The van der Waals surface area contributed by atoms with E-state index in [9.17, 15) is 0 Å². The van der Waals surface area contributed by atoms with Crippen LogP contribution in [0.15, 0.2) is 0 Å². The van der Waals surface area contributed by atoms with Gasteiger partial charge in [0, 0.05) is 12.1 Å². The molecule has 0 atom stereocenters. The third-order valence-corrected chi connectivity index (χ3v) is 4.10. The van der Waals surface area contributed by atoms with Gasteiger partial charge in [0.2, 0.25) is 0 Å². The van der Waals surface area contributed by atoms with E-state index >= 15 is 0 Å². The third kappa shape index (κ3) is 5.39. The molecule has 0 aromatic heterocycles. The fourth-order valence-corrected chi connectivity index (χ4v) is 2.95. The summed E-state index contributed by atoms with van der Waals surface area (Å²) in [7, 11) is 0. The molecular formula is C15H32N2. The highest BCUT2D eigenvalue weighted by Crippen LogP contribution is 2.23. The summed E-state index contributed by atoms with van der Waals surface area (Å²) in [5.74, 6) is 0. The molecule has 1 fully saturated rings. The molecule has 0 aromatic rings. The zero-order chi connectivity index (χ0) is 12.5. The van der Waals surface area contributed by atoms with E-state index in [0.29, 0.717) is 0 Å². The summed E-state index contributed by atoms with van der Waals surface area (Å²) in [4.78, 5) is 2.71. The van der Waals surface area contributed by atoms with Crippen molar-refractivity contribution in [3.8, 4) is 0 Å². The minimum atomic E-state index is 0.802. The number of hydrogen-bond donors (Lipinski definition) is 1. The summed E-state index contributed by atoms with van der Waals surface area (Å²) in [6.45, 7) is 10.6. The molecular weight excluding hydrogens is 208 g/mol. The van der Waals surface area contributed by atoms with Gasteiger partial charge in [-0.1, -0.05) is 27.2 Å². The third-order valence-electron chi connectivity index (χ3n) is 4.10. The fourth-order valence-electron chi connectivity index (χ4n) is 2.95. The number of hydrogen-bond acceptors (Lipinski definition) is 2. The lowest BCUT2D eigenvalue weighted by Gasteiger charge is -2.36. The molecule has 1 rings (SSSR count). The minimum Gasteiger partial charge on any atom is -0.314 e. The summed E-state index contributed by atoms with van der Waals surface area (Å²) in [6.07, 6.45) is 9.52. The van der Waals surface area contributed by atoms with E-state index < -0.39 is 0 Å². The van der Waals surface area contributed by atoms with Crippen LogP contribution in [0.3, 0.4) is 0 Å². The second-order valence-corrected chi connectivity index (χ2v) is 5.44. The maximum atomic E-state index is 3.67. The van der Waals surface area contributed by atoms with Crippen LogP contribution in [-0.2, 0) is 0 Å². The van der Waals surface area contributed by atoms with E-state index in [4.69, 9.17) is 0 Å². The van der Waals surface area contributed by atoms with Crippen molar-refractivity contribution in [2.75, 3.05) is 19.6 Å². The van der Waals surface area contributed by atoms with Crippen molar-refractivity contribution < 1.29 is 0 Å². The molecule has 0 heterocycles. The van der Waals surface area contributed by atoms with E-state index in [0.717, 1.165) is 12.1 Å². The summed E-state index contributed by atoms with van der Waals surface area (Å²) < 4.78 is 0. The van der Waals surface area contributed by atoms with Crippen LogP contribution in [0.1, 0.15) is 65.7 Å². The normalized spacial score (nSPS) is 25.4. The van der Waals surface area contributed by atoms with Gasteiger partial charge in [-0.3, -0.25) is 0 Å². The topological polar surface area (TPSA) is 15.3 Å². The predicted octanol–water partition coefficient (Wildman–Crippen LogP) is 3.42. The molecule has 0 aliphatic heterocycles. The van der Waals surface area contributed by atoms with Gasteiger partial charge in [0.05, 0.1) is 0 Å². The molecule has 1 aliphatic rings. The molecule has 17 heavy (non-hydrogen) atoms. The van der Waals surface area contributed by atoms with Crippen molar-refractivity contribution in [3.63, 3.8) is 0 Å². The summed E-state index contributed by atoms with van der Waals surface area (Å²) in [6, 6.07) is 1.67. The second-order valence-electron chi connectivity index (χ2n) is 5.44. The average molecular weight is 240 g/mol. The van der Waals surface area contributed by atoms with Crippen LogP contribution in [0.5, 0.6) is 0 Å². The first-order chi connectivity index (χ1) is 8.31. The number of unbranched alkanes of at least 4 members (excludes halogenated alkanes) is 1. The van der Waals surface area contributed by atoms with Gasteiger partial charge in [-0.25, -0.2) is 0 Å². The molecule has 1 N–H and O–H groups in total. The van der Waals surface area contributed by atoms with Crippen LogP contribution in [0.25, 0.3) is 0 Å². The fraction of sp³-hybridized carbons (Fsp3) is 1.00. The molecule has 0 saturated heterocycles. The van der Waals surface area contributed by atoms with Crippen LogP contribution >= 0.6 is 0 Å². The zero-order valence-corrected chi connectivity index (χ0v) is 12.2. The Kier molecular flexibility index (Phi) is 7.87. The van der Waals surface area contributed by atoms with Gasteiger partial charge >= 0.3 is 0 Å². The van der Waals surface area contributed by atoms with Gasteiger partial charge in [-0.15, -0.1) is 0 Å². The van der Waals surface area contributed by atoms with Crippen LogP contribution in [0.4, 0.5) is 0 Å². The monoisotopic (exact) mass is 240 g/mol. The van der Waals surface area contributed by atoms with Gasteiger partial charge in [0.25, 0.3) is 0 Å². The molecule has 0 aromatic carbocycles. The Labute approximate surface area is 108 Å².